The molecule has 1 N–H and O–H groups in total. The molecule has 0 spiro atoms. The Bertz CT molecular complexity index is 307. The first-order chi connectivity index (χ1) is 7.35. The van der Waals surface area contributed by atoms with E-state index in [4.69, 9.17) is 9.47 Å². The molecule has 0 unspecified atom stereocenters. The predicted molar refractivity (Wildman–Crippen MR) is 55.0 cm³/mol. The van der Waals surface area contributed by atoms with Gasteiger partial charge in [-0.1, -0.05) is 0 Å². The molecule has 0 aliphatic carbocycles. The molecule has 2 aliphatic heterocycles. The van der Waals surface area contributed by atoms with Crippen molar-refractivity contribution in [2.24, 2.45) is 0 Å². The Hall–Kier alpha value is -1.46. The fourth-order valence-corrected chi connectivity index (χ4v) is 1.83. The Morgan fingerprint density at radius 3 is 2.75 bits per heavy atom. The summed E-state index contributed by atoms with van der Waals surface area (Å²) >= 11 is 0. The zero-order valence-electron chi connectivity index (χ0n) is 9.65. The Morgan fingerprint density at radius 1 is 1.50 bits per heavy atom. The van der Waals surface area contributed by atoms with Crippen LogP contribution in [0.1, 0.15) is 20.8 Å². The Labute approximate surface area is 93.9 Å². The van der Waals surface area contributed by atoms with E-state index in [9.17, 15) is 9.59 Å². The van der Waals surface area contributed by atoms with E-state index in [-0.39, 0.29) is 18.2 Å². The first-order valence-corrected chi connectivity index (χ1v) is 5.30. The minimum absolute atomic E-state index is 0.0972. The largest absolute Gasteiger partial charge is 0.444 e. The van der Waals surface area contributed by atoms with Crippen LogP contribution in [-0.4, -0.2) is 47.9 Å². The smallest absolute Gasteiger partial charge is 0.410 e. The number of alkyl carbamates (subject to hydrolysis) is 1. The maximum absolute atomic E-state index is 11.7. The molecule has 0 radical (unpaired) electrons. The number of nitrogens with one attached hydrogen (secondary N) is 1. The van der Waals surface area contributed by atoms with E-state index in [1.54, 1.807) is 4.90 Å². The average molecular weight is 228 g/mol. The van der Waals surface area contributed by atoms with Crippen LogP contribution in [0, 0.1) is 0 Å². The minimum Gasteiger partial charge on any atom is -0.444 e. The average Bonchev–Trinajstić information content (AvgIpc) is 2.56. The van der Waals surface area contributed by atoms with Gasteiger partial charge < -0.3 is 19.7 Å². The number of likely N-dealkylation sites (tertiary alicyclic amines) is 1. The van der Waals surface area contributed by atoms with Gasteiger partial charge in [0.15, 0.2) is 0 Å². The summed E-state index contributed by atoms with van der Waals surface area (Å²) in [6.07, 6.45) is -1.00. The van der Waals surface area contributed by atoms with Gasteiger partial charge in [-0.05, 0) is 20.8 Å². The number of carbonyl (C=O) groups is 2. The number of ether oxygens (including phenoxy) is 2. The van der Waals surface area contributed by atoms with Crippen molar-refractivity contribution >= 4 is 12.2 Å². The van der Waals surface area contributed by atoms with Crippen molar-refractivity contribution in [3.8, 4) is 0 Å². The molecular weight excluding hydrogens is 212 g/mol. The molecular formula is C10H16N2O4. The van der Waals surface area contributed by atoms with E-state index in [1.807, 2.05) is 20.8 Å². The molecule has 2 aliphatic rings. The van der Waals surface area contributed by atoms with Gasteiger partial charge >= 0.3 is 12.2 Å². The van der Waals surface area contributed by atoms with Crippen LogP contribution < -0.4 is 5.32 Å². The molecule has 0 aromatic heterocycles. The number of carbonyl (C=O) groups excluding carboxylic acids is 2. The lowest BCUT2D eigenvalue weighted by Gasteiger charge is -2.24. The zero-order chi connectivity index (χ0) is 11.9. The second-order valence-corrected chi connectivity index (χ2v) is 5.08. The van der Waals surface area contributed by atoms with E-state index in [0.717, 1.165) is 0 Å². The number of hydrogen-bond acceptors (Lipinski definition) is 4. The van der Waals surface area contributed by atoms with Crippen LogP contribution in [0.25, 0.3) is 0 Å². The van der Waals surface area contributed by atoms with Gasteiger partial charge in [0.05, 0.1) is 12.6 Å². The number of fused-ring (bicyclic) bond motifs is 1. The van der Waals surface area contributed by atoms with Gasteiger partial charge in [0.2, 0.25) is 0 Å². The first-order valence-electron chi connectivity index (χ1n) is 5.30. The summed E-state index contributed by atoms with van der Waals surface area (Å²) in [5, 5.41) is 2.65. The summed E-state index contributed by atoms with van der Waals surface area (Å²) in [5.41, 5.74) is -0.501. The highest BCUT2D eigenvalue weighted by Gasteiger charge is 2.44. The van der Waals surface area contributed by atoms with Crippen LogP contribution in [0.3, 0.4) is 0 Å². The number of hydrogen-bond donors (Lipinski definition) is 1. The molecule has 2 atom stereocenters. The van der Waals surface area contributed by atoms with E-state index in [0.29, 0.717) is 13.1 Å². The fourth-order valence-electron chi connectivity index (χ4n) is 1.83. The van der Waals surface area contributed by atoms with Crippen LogP contribution in [0.5, 0.6) is 0 Å². The van der Waals surface area contributed by atoms with Crippen molar-refractivity contribution in [1.82, 2.24) is 10.2 Å². The van der Waals surface area contributed by atoms with Crippen molar-refractivity contribution in [3.63, 3.8) is 0 Å². The maximum atomic E-state index is 11.7. The van der Waals surface area contributed by atoms with Crippen LogP contribution in [0.2, 0.25) is 0 Å². The summed E-state index contributed by atoms with van der Waals surface area (Å²) in [5.74, 6) is 0. The molecule has 6 heteroatoms. The van der Waals surface area contributed by atoms with Crippen LogP contribution >= 0.6 is 0 Å². The molecule has 16 heavy (non-hydrogen) atoms. The minimum atomic E-state index is -0.501. The third-order valence-corrected chi connectivity index (χ3v) is 2.48. The molecule has 2 amide bonds. The lowest BCUT2D eigenvalue weighted by molar-refractivity contribution is 0.0259. The highest BCUT2D eigenvalue weighted by Crippen LogP contribution is 2.21. The van der Waals surface area contributed by atoms with E-state index >= 15 is 0 Å². The van der Waals surface area contributed by atoms with Crippen molar-refractivity contribution in [2.75, 3.05) is 13.1 Å². The molecule has 0 aromatic rings. The van der Waals surface area contributed by atoms with Crippen molar-refractivity contribution in [2.45, 2.75) is 38.5 Å². The van der Waals surface area contributed by atoms with Gasteiger partial charge in [-0.3, -0.25) is 0 Å². The number of nitrogens with zero attached hydrogens (tertiary/aromatic N) is 1. The number of amides is 2. The summed E-state index contributed by atoms with van der Waals surface area (Å²) in [4.78, 5) is 24.2. The summed E-state index contributed by atoms with van der Waals surface area (Å²) in [6, 6.07) is -0.0972. The van der Waals surface area contributed by atoms with Gasteiger partial charge in [-0.25, -0.2) is 9.59 Å². The fraction of sp³-hybridized carbons (Fsp3) is 0.800. The lowest BCUT2D eigenvalue weighted by Crippen LogP contribution is -2.38. The van der Waals surface area contributed by atoms with Gasteiger partial charge in [-0.15, -0.1) is 0 Å². The molecule has 90 valence electrons. The Morgan fingerprint density at radius 2 is 2.19 bits per heavy atom. The quantitative estimate of drug-likeness (QED) is 0.663. The maximum Gasteiger partial charge on any atom is 0.410 e. The van der Waals surface area contributed by atoms with Gasteiger partial charge in [0.1, 0.15) is 11.7 Å². The third-order valence-electron chi connectivity index (χ3n) is 2.48. The molecule has 0 saturated carbocycles. The van der Waals surface area contributed by atoms with Crippen molar-refractivity contribution in [3.05, 3.63) is 0 Å². The van der Waals surface area contributed by atoms with E-state index < -0.39 is 11.7 Å². The molecule has 2 saturated heterocycles. The summed E-state index contributed by atoms with van der Waals surface area (Å²) < 4.78 is 10.2. The molecule has 6 nitrogen and oxygen atoms in total. The predicted octanol–water partition coefficient (Wildman–Crippen LogP) is 0.714. The summed E-state index contributed by atoms with van der Waals surface area (Å²) in [7, 11) is 0. The normalized spacial score (nSPS) is 28.4. The Kier molecular flexibility index (Phi) is 2.44. The SMILES string of the molecule is CC(C)(C)OC(=O)N1C[C@@H]2NC(=O)O[C@@H]2C1. The first kappa shape index (κ1) is 11.0. The molecule has 2 heterocycles. The van der Waals surface area contributed by atoms with Gasteiger partial charge in [0, 0.05) is 6.54 Å². The topological polar surface area (TPSA) is 67.9 Å². The van der Waals surface area contributed by atoms with Crippen molar-refractivity contribution in [1.29, 1.82) is 0 Å². The molecule has 2 fully saturated rings. The highest BCUT2D eigenvalue weighted by atomic mass is 16.6. The zero-order valence-corrected chi connectivity index (χ0v) is 9.65. The summed E-state index contributed by atoms with van der Waals surface area (Å²) in [6.45, 7) is 6.31. The second kappa shape index (κ2) is 3.54. The molecule has 2 rings (SSSR count). The Balaban J connectivity index is 1.90. The van der Waals surface area contributed by atoms with E-state index in [1.165, 1.54) is 0 Å². The molecule has 0 aromatic carbocycles. The number of rotatable bonds is 0. The van der Waals surface area contributed by atoms with E-state index in [2.05, 4.69) is 5.32 Å². The molecule has 0 bridgehead atoms. The van der Waals surface area contributed by atoms with Crippen LogP contribution in [-0.2, 0) is 9.47 Å². The van der Waals surface area contributed by atoms with Crippen LogP contribution in [0.15, 0.2) is 0 Å². The van der Waals surface area contributed by atoms with Crippen molar-refractivity contribution < 1.29 is 19.1 Å². The third kappa shape index (κ3) is 2.20. The standard InChI is InChI=1S/C10H16N2O4/c1-10(2,3)16-9(14)12-4-6-7(5-12)15-8(13)11-6/h6-7H,4-5H2,1-3H3,(H,11,13)/t6-,7+/m0/s1. The lowest BCUT2D eigenvalue weighted by atomic mass is 10.2. The monoisotopic (exact) mass is 228 g/mol. The van der Waals surface area contributed by atoms with Gasteiger partial charge in [0.25, 0.3) is 0 Å². The highest BCUT2D eigenvalue weighted by molar-refractivity contribution is 5.73. The van der Waals surface area contributed by atoms with Crippen LogP contribution in [0.4, 0.5) is 9.59 Å². The van der Waals surface area contributed by atoms with Gasteiger partial charge in [-0.2, -0.15) is 0 Å². The second-order valence-electron chi connectivity index (χ2n) is 5.08.